The maximum atomic E-state index is 12.0. The van der Waals surface area contributed by atoms with Crippen LogP contribution in [0, 0.1) is 6.92 Å². The van der Waals surface area contributed by atoms with Crippen molar-refractivity contribution in [3.63, 3.8) is 0 Å². The highest BCUT2D eigenvalue weighted by molar-refractivity contribution is 5.83. The molecule has 0 saturated heterocycles. The molecule has 32 heavy (non-hydrogen) atoms. The van der Waals surface area contributed by atoms with Gasteiger partial charge in [0.25, 0.3) is 5.91 Å². The maximum absolute atomic E-state index is 12.0. The van der Waals surface area contributed by atoms with Crippen LogP contribution < -0.4 is 14.9 Å². The average Bonchev–Trinajstić information content (AvgIpc) is 2.78. The predicted octanol–water partition coefficient (Wildman–Crippen LogP) is 5.40. The minimum atomic E-state index is -0.316. The van der Waals surface area contributed by atoms with Crippen molar-refractivity contribution in [3.8, 4) is 11.5 Å². The summed E-state index contributed by atoms with van der Waals surface area (Å²) in [6, 6.07) is 23.6. The molecule has 166 valence electrons. The first-order valence-corrected chi connectivity index (χ1v) is 10.6. The quantitative estimate of drug-likeness (QED) is 0.384. The van der Waals surface area contributed by atoms with Gasteiger partial charge in [0.05, 0.1) is 6.21 Å². The van der Waals surface area contributed by atoms with Crippen LogP contribution in [0.15, 0.2) is 77.9 Å². The summed E-state index contributed by atoms with van der Waals surface area (Å²) < 4.78 is 11.4. The molecular formula is C27H30N2O3. The highest BCUT2D eigenvalue weighted by Gasteiger charge is 2.15. The van der Waals surface area contributed by atoms with Crippen LogP contribution in [0.25, 0.3) is 0 Å². The van der Waals surface area contributed by atoms with Crippen LogP contribution in [0.3, 0.4) is 0 Å². The van der Waals surface area contributed by atoms with E-state index in [9.17, 15) is 4.79 Å². The summed E-state index contributed by atoms with van der Waals surface area (Å²) in [7, 11) is 0. The number of hydrogen-bond acceptors (Lipinski definition) is 4. The van der Waals surface area contributed by atoms with Gasteiger partial charge in [-0.05, 0) is 64.9 Å². The fourth-order valence-electron chi connectivity index (χ4n) is 3.02. The van der Waals surface area contributed by atoms with E-state index in [-0.39, 0.29) is 17.9 Å². The van der Waals surface area contributed by atoms with E-state index in [1.54, 1.807) is 6.21 Å². The number of hydrazone groups is 1. The molecule has 0 aromatic heterocycles. The molecule has 0 radical (unpaired) electrons. The van der Waals surface area contributed by atoms with Gasteiger partial charge in [0, 0.05) is 0 Å². The first-order chi connectivity index (χ1) is 15.3. The van der Waals surface area contributed by atoms with Crippen LogP contribution in [0.1, 0.15) is 43.0 Å². The van der Waals surface area contributed by atoms with Crippen LogP contribution in [-0.2, 0) is 16.8 Å². The Labute approximate surface area is 190 Å². The number of hydrogen-bond donors (Lipinski definition) is 1. The largest absolute Gasteiger partial charge is 0.489 e. The summed E-state index contributed by atoms with van der Waals surface area (Å²) in [4.78, 5) is 12.0. The standard InChI is InChI=1S/C27H30N2O3/c1-20-16-23(27(2,3)4)12-15-25(20)32-19-26(30)29-28-17-21-10-13-24(14-11-21)31-18-22-8-6-5-7-9-22/h5-17H,18-19H2,1-4H3,(H,29,30). The van der Waals surface area contributed by atoms with Gasteiger partial charge in [0.2, 0.25) is 0 Å². The summed E-state index contributed by atoms with van der Waals surface area (Å²) in [5, 5.41) is 4.00. The van der Waals surface area contributed by atoms with E-state index in [2.05, 4.69) is 37.4 Å². The normalized spacial score (nSPS) is 11.4. The van der Waals surface area contributed by atoms with Crippen LogP contribution in [0.4, 0.5) is 0 Å². The molecule has 1 N–H and O–H groups in total. The van der Waals surface area contributed by atoms with Crippen molar-refractivity contribution in [2.45, 2.75) is 39.7 Å². The monoisotopic (exact) mass is 430 g/mol. The molecule has 0 aliphatic rings. The fourth-order valence-corrected chi connectivity index (χ4v) is 3.02. The zero-order chi connectivity index (χ0) is 23.0. The Bertz CT molecular complexity index is 1050. The molecule has 0 aliphatic heterocycles. The number of rotatable bonds is 8. The Hall–Kier alpha value is -3.60. The molecule has 0 bridgehead atoms. The van der Waals surface area contributed by atoms with Gasteiger partial charge >= 0.3 is 0 Å². The molecule has 5 heteroatoms. The average molecular weight is 431 g/mol. The van der Waals surface area contributed by atoms with Gasteiger partial charge in [0.1, 0.15) is 18.1 Å². The van der Waals surface area contributed by atoms with Gasteiger partial charge in [-0.3, -0.25) is 4.79 Å². The zero-order valence-corrected chi connectivity index (χ0v) is 19.1. The van der Waals surface area contributed by atoms with Gasteiger partial charge in [-0.25, -0.2) is 5.43 Å². The molecule has 3 aromatic rings. The summed E-state index contributed by atoms with van der Waals surface area (Å²) in [6.45, 7) is 8.90. The third-order valence-electron chi connectivity index (χ3n) is 4.93. The molecule has 0 heterocycles. The highest BCUT2D eigenvalue weighted by atomic mass is 16.5. The molecule has 0 spiro atoms. The van der Waals surface area contributed by atoms with Gasteiger partial charge in [0.15, 0.2) is 6.61 Å². The van der Waals surface area contributed by atoms with Crippen molar-refractivity contribution in [3.05, 3.63) is 95.1 Å². The molecular weight excluding hydrogens is 400 g/mol. The van der Waals surface area contributed by atoms with Crippen LogP contribution in [0.5, 0.6) is 11.5 Å². The molecule has 3 aromatic carbocycles. The predicted molar refractivity (Wildman–Crippen MR) is 128 cm³/mol. The molecule has 1 amide bonds. The Morgan fingerprint density at radius 1 is 0.969 bits per heavy atom. The fraction of sp³-hybridized carbons (Fsp3) is 0.259. The van der Waals surface area contributed by atoms with E-state index in [0.29, 0.717) is 12.4 Å². The lowest BCUT2D eigenvalue weighted by Crippen LogP contribution is -2.24. The van der Waals surface area contributed by atoms with Crippen molar-refractivity contribution in [2.24, 2.45) is 5.10 Å². The molecule has 0 atom stereocenters. The molecule has 0 fully saturated rings. The Balaban J connectivity index is 1.44. The second kappa shape index (κ2) is 10.6. The molecule has 5 nitrogen and oxygen atoms in total. The summed E-state index contributed by atoms with van der Waals surface area (Å²) in [5.74, 6) is 1.16. The smallest absolute Gasteiger partial charge is 0.277 e. The van der Waals surface area contributed by atoms with E-state index in [1.165, 1.54) is 5.56 Å². The lowest BCUT2D eigenvalue weighted by molar-refractivity contribution is -0.123. The van der Waals surface area contributed by atoms with Crippen molar-refractivity contribution in [1.29, 1.82) is 0 Å². The maximum Gasteiger partial charge on any atom is 0.277 e. The SMILES string of the molecule is Cc1cc(C(C)(C)C)ccc1OCC(=O)NN=Cc1ccc(OCc2ccccc2)cc1. The van der Waals surface area contributed by atoms with Crippen LogP contribution in [0.2, 0.25) is 0 Å². The number of nitrogens with one attached hydrogen (secondary N) is 1. The number of amides is 1. The number of aryl methyl sites for hydroxylation is 1. The Kier molecular flexibility index (Phi) is 7.66. The zero-order valence-electron chi connectivity index (χ0n) is 19.1. The lowest BCUT2D eigenvalue weighted by atomic mass is 9.86. The lowest BCUT2D eigenvalue weighted by Gasteiger charge is -2.20. The molecule has 0 unspecified atom stereocenters. The highest BCUT2D eigenvalue weighted by Crippen LogP contribution is 2.27. The topological polar surface area (TPSA) is 59.9 Å². The third kappa shape index (κ3) is 6.98. The van der Waals surface area contributed by atoms with Gasteiger partial charge in [-0.15, -0.1) is 0 Å². The number of benzene rings is 3. The first kappa shape index (κ1) is 23.1. The van der Waals surface area contributed by atoms with Crippen LogP contribution in [-0.4, -0.2) is 18.7 Å². The Morgan fingerprint density at radius 2 is 1.69 bits per heavy atom. The number of carbonyl (C=O) groups excluding carboxylic acids is 1. The molecule has 0 saturated carbocycles. The minimum absolute atomic E-state index is 0.0710. The number of ether oxygens (including phenoxy) is 2. The van der Waals surface area contributed by atoms with Crippen molar-refractivity contribution >= 4 is 12.1 Å². The van der Waals surface area contributed by atoms with Crippen molar-refractivity contribution in [1.82, 2.24) is 5.43 Å². The van der Waals surface area contributed by atoms with E-state index < -0.39 is 0 Å². The first-order valence-electron chi connectivity index (χ1n) is 10.6. The van der Waals surface area contributed by atoms with Crippen molar-refractivity contribution in [2.75, 3.05) is 6.61 Å². The molecule has 0 aliphatic carbocycles. The summed E-state index contributed by atoms with van der Waals surface area (Å²) in [6.07, 6.45) is 1.59. The minimum Gasteiger partial charge on any atom is -0.489 e. The van der Waals surface area contributed by atoms with Gasteiger partial charge in [-0.2, -0.15) is 5.10 Å². The summed E-state index contributed by atoms with van der Waals surface area (Å²) >= 11 is 0. The third-order valence-corrected chi connectivity index (χ3v) is 4.93. The number of carbonyl (C=O) groups is 1. The second-order valence-electron chi connectivity index (χ2n) is 8.66. The van der Waals surface area contributed by atoms with E-state index in [1.807, 2.05) is 73.7 Å². The van der Waals surface area contributed by atoms with Crippen molar-refractivity contribution < 1.29 is 14.3 Å². The van der Waals surface area contributed by atoms with E-state index >= 15 is 0 Å². The van der Waals surface area contributed by atoms with Crippen LogP contribution >= 0.6 is 0 Å². The van der Waals surface area contributed by atoms with Gasteiger partial charge < -0.3 is 9.47 Å². The number of nitrogens with zero attached hydrogens (tertiary/aromatic N) is 1. The van der Waals surface area contributed by atoms with E-state index in [4.69, 9.17) is 9.47 Å². The Morgan fingerprint density at radius 3 is 2.34 bits per heavy atom. The summed E-state index contributed by atoms with van der Waals surface area (Å²) in [5.41, 5.74) is 6.76. The second-order valence-corrected chi connectivity index (χ2v) is 8.66. The van der Waals surface area contributed by atoms with E-state index in [0.717, 1.165) is 22.4 Å². The molecule has 3 rings (SSSR count). The van der Waals surface area contributed by atoms with Gasteiger partial charge in [-0.1, -0.05) is 63.2 Å².